The maximum absolute atomic E-state index is 5.32. The van der Waals surface area contributed by atoms with E-state index in [9.17, 15) is 0 Å². The second kappa shape index (κ2) is 9.90. The van der Waals surface area contributed by atoms with Crippen LogP contribution < -0.4 is 0 Å². The summed E-state index contributed by atoms with van der Waals surface area (Å²) in [7, 11) is 0. The van der Waals surface area contributed by atoms with Crippen molar-refractivity contribution in [2.24, 2.45) is 4.99 Å². The molecule has 2 rings (SSSR count). The lowest BCUT2D eigenvalue weighted by Crippen LogP contribution is -2.04. The topological polar surface area (TPSA) is 12.4 Å². The molecular weight excluding hydrogens is 314 g/mol. The molecule has 0 atom stereocenters. The van der Waals surface area contributed by atoms with Crippen LogP contribution in [-0.2, 0) is 0 Å². The Hall–Kier alpha value is -1.63. The summed E-state index contributed by atoms with van der Waals surface area (Å²) in [6.07, 6.45) is 9.50. The van der Waals surface area contributed by atoms with Crippen molar-refractivity contribution in [1.82, 2.24) is 0 Å². The Balaban J connectivity index is 2.69. The summed E-state index contributed by atoms with van der Waals surface area (Å²) in [4.78, 5) is 5.32. The van der Waals surface area contributed by atoms with Gasteiger partial charge in [0, 0.05) is 0 Å². The van der Waals surface area contributed by atoms with Gasteiger partial charge in [0.2, 0.25) is 0 Å². The number of hydrogen-bond donors (Lipinski definition) is 0. The van der Waals surface area contributed by atoms with Crippen LogP contribution >= 0.6 is 0 Å². The van der Waals surface area contributed by atoms with E-state index in [0.717, 1.165) is 12.8 Å². The molecule has 0 amide bonds. The van der Waals surface area contributed by atoms with Crippen LogP contribution in [0.3, 0.4) is 0 Å². The number of para-hydroxylation sites is 1. The Kier molecular flexibility index (Phi) is 7.87. The highest BCUT2D eigenvalue weighted by Crippen LogP contribution is 2.41. The van der Waals surface area contributed by atoms with E-state index in [-0.39, 0.29) is 0 Å². The van der Waals surface area contributed by atoms with Gasteiger partial charge in [0.15, 0.2) is 0 Å². The van der Waals surface area contributed by atoms with Crippen LogP contribution in [0.2, 0.25) is 0 Å². The van der Waals surface area contributed by atoms with Crippen LogP contribution in [0.5, 0.6) is 0 Å². The van der Waals surface area contributed by atoms with Gasteiger partial charge in [0.25, 0.3) is 0 Å². The van der Waals surface area contributed by atoms with Gasteiger partial charge >= 0.3 is 0 Å². The number of nitrogens with zero attached hydrogens (tertiary/aromatic N) is 1. The number of benzene rings is 1. The van der Waals surface area contributed by atoms with Crippen molar-refractivity contribution in [2.45, 2.75) is 92.9 Å². The normalized spacial score (nSPS) is 14.6. The number of aryl methyl sites for hydroxylation is 2. The van der Waals surface area contributed by atoms with E-state index >= 15 is 0 Å². The second-order valence-electron chi connectivity index (χ2n) is 7.62. The molecule has 1 aliphatic rings. The molecule has 1 aliphatic carbocycles. The average molecular weight is 352 g/mol. The van der Waals surface area contributed by atoms with Gasteiger partial charge < -0.3 is 0 Å². The Morgan fingerprint density at radius 3 is 1.38 bits per heavy atom. The van der Waals surface area contributed by atoms with Crippen molar-refractivity contribution in [3.63, 3.8) is 0 Å². The van der Waals surface area contributed by atoms with Crippen LogP contribution in [0.1, 0.15) is 90.2 Å². The molecular formula is C25H37N. The van der Waals surface area contributed by atoms with Gasteiger partial charge in [0.1, 0.15) is 0 Å². The van der Waals surface area contributed by atoms with Crippen LogP contribution in [0.15, 0.2) is 45.5 Å². The molecule has 0 radical (unpaired) electrons. The van der Waals surface area contributed by atoms with Crippen molar-refractivity contribution in [2.75, 3.05) is 0 Å². The van der Waals surface area contributed by atoms with Crippen molar-refractivity contribution < 1.29 is 0 Å². The molecule has 0 aliphatic heterocycles. The van der Waals surface area contributed by atoms with Gasteiger partial charge in [-0.2, -0.15) is 0 Å². The van der Waals surface area contributed by atoms with Crippen molar-refractivity contribution in [1.29, 1.82) is 0 Å². The zero-order valence-corrected chi connectivity index (χ0v) is 17.8. The van der Waals surface area contributed by atoms with Crippen LogP contribution in [0, 0.1) is 13.8 Å². The monoisotopic (exact) mass is 351 g/mol. The van der Waals surface area contributed by atoms with E-state index in [1.54, 1.807) is 22.3 Å². The maximum atomic E-state index is 5.32. The highest BCUT2D eigenvalue weighted by atomic mass is 14.8. The number of rotatable bonds is 9. The molecule has 0 aromatic heterocycles. The molecule has 0 unspecified atom stereocenters. The number of aliphatic imine (C=N–C) groups is 1. The predicted octanol–water partition coefficient (Wildman–Crippen LogP) is 8.18. The fourth-order valence-electron chi connectivity index (χ4n) is 4.20. The third-order valence-corrected chi connectivity index (χ3v) is 5.33. The molecule has 26 heavy (non-hydrogen) atoms. The van der Waals surface area contributed by atoms with Crippen LogP contribution in [0.25, 0.3) is 0 Å². The molecule has 0 bridgehead atoms. The predicted molar refractivity (Wildman–Crippen MR) is 117 cm³/mol. The fourth-order valence-corrected chi connectivity index (χ4v) is 4.20. The SMILES string of the molecule is CCCC1=C(CCC)C(CCC)=C(CCC)C1=Nc1c(C)cccc1C. The number of hydrogen-bond acceptors (Lipinski definition) is 1. The molecule has 1 aromatic rings. The molecule has 1 heteroatoms. The second-order valence-corrected chi connectivity index (χ2v) is 7.62. The van der Waals surface area contributed by atoms with Crippen molar-refractivity contribution in [3.05, 3.63) is 51.6 Å². The summed E-state index contributed by atoms with van der Waals surface area (Å²) >= 11 is 0. The van der Waals surface area contributed by atoms with Crippen LogP contribution in [0.4, 0.5) is 5.69 Å². The summed E-state index contributed by atoms with van der Waals surface area (Å²) in [6, 6.07) is 6.51. The standard InChI is InChI=1S/C25H37N/c1-7-12-20-21(13-8-2)23(15-10-4)25(22(20)14-9-3)26-24-18(5)16-11-17-19(24)6/h11,16-17H,7-10,12-15H2,1-6H3. The fraction of sp³-hybridized carbons (Fsp3) is 0.560. The summed E-state index contributed by atoms with van der Waals surface area (Å²) in [5.41, 5.74) is 11.4. The minimum Gasteiger partial charge on any atom is -0.248 e. The number of allylic oxidation sites excluding steroid dienone is 4. The average Bonchev–Trinajstić information content (AvgIpc) is 2.86. The van der Waals surface area contributed by atoms with Gasteiger partial charge in [-0.05, 0) is 73.0 Å². The molecule has 0 fully saturated rings. The first kappa shape index (κ1) is 20.7. The first-order chi connectivity index (χ1) is 12.6. The largest absolute Gasteiger partial charge is 0.248 e. The summed E-state index contributed by atoms with van der Waals surface area (Å²) in [6.45, 7) is 13.6. The van der Waals surface area contributed by atoms with Gasteiger partial charge in [-0.25, -0.2) is 4.99 Å². The van der Waals surface area contributed by atoms with Crippen LogP contribution in [-0.4, -0.2) is 5.71 Å². The lowest BCUT2D eigenvalue weighted by atomic mass is 9.95. The Labute approximate surface area is 161 Å². The third kappa shape index (κ3) is 4.37. The molecule has 0 saturated carbocycles. The molecule has 142 valence electrons. The lowest BCUT2D eigenvalue weighted by Gasteiger charge is -2.12. The highest BCUT2D eigenvalue weighted by molar-refractivity contribution is 6.18. The molecule has 0 spiro atoms. The lowest BCUT2D eigenvalue weighted by molar-refractivity contribution is 0.825. The summed E-state index contributed by atoms with van der Waals surface area (Å²) < 4.78 is 0. The summed E-state index contributed by atoms with van der Waals surface area (Å²) in [5.74, 6) is 0. The van der Waals surface area contributed by atoms with Gasteiger partial charge in [-0.3, -0.25) is 0 Å². The first-order valence-corrected chi connectivity index (χ1v) is 10.7. The molecule has 1 nitrogen and oxygen atoms in total. The van der Waals surface area contributed by atoms with Gasteiger partial charge in [0.05, 0.1) is 11.4 Å². The quantitative estimate of drug-likeness (QED) is 0.425. The van der Waals surface area contributed by atoms with E-state index in [2.05, 4.69) is 59.7 Å². The molecule has 0 heterocycles. The van der Waals surface area contributed by atoms with Gasteiger partial charge in [-0.1, -0.05) is 71.6 Å². The first-order valence-electron chi connectivity index (χ1n) is 10.7. The third-order valence-electron chi connectivity index (χ3n) is 5.33. The van der Waals surface area contributed by atoms with E-state index in [1.807, 2.05) is 0 Å². The summed E-state index contributed by atoms with van der Waals surface area (Å²) in [5, 5.41) is 0. The molecule has 0 N–H and O–H groups in total. The zero-order valence-electron chi connectivity index (χ0n) is 17.8. The smallest absolute Gasteiger partial charge is 0.0706 e. The Morgan fingerprint density at radius 2 is 1.00 bits per heavy atom. The molecule has 1 aromatic carbocycles. The minimum absolute atomic E-state index is 1.15. The van der Waals surface area contributed by atoms with E-state index in [4.69, 9.17) is 4.99 Å². The molecule has 0 saturated heterocycles. The zero-order chi connectivity index (χ0) is 19.1. The minimum atomic E-state index is 1.15. The Bertz CT molecular complexity index is 661. The maximum Gasteiger partial charge on any atom is 0.0706 e. The van der Waals surface area contributed by atoms with E-state index in [0.29, 0.717) is 0 Å². The highest BCUT2D eigenvalue weighted by Gasteiger charge is 2.28. The van der Waals surface area contributed by atoms with Gasteiger partial charge in [-0.15, -0.1) is 0 Å². The van der Waals surface area contributed by atoms with E-state index in [1.165, 1.54) is 61.1 Å². The Morgan fingerprint density at radius 1 is 0.615 bits per heavy atom. The van der Waals surface area contributed by atoms with Crippen molar-refractivity contribution >= 4 is 11.4 Å². The van der Waals surface area contributed by atoms with E-state index < -0.39 is 0 Å². The van der Waals surface area contributed by atoms with Crippen molar-refractivity contribution in [3.8, 4) is 0 Å².